The van der Waals surface area contributed by atoms with Crippen molar-refractivity contribution in [2.24, 2.45) is 0 Å². The third-order valence-corrected chi connectivity index (χ3v) is 4.83. The maximum atomic E-state index is 8.60. The number of guanidine groups is 1. The van der Waals surface area contributed by atoms with Crippen LogP contribution in [0.4, 0.5) is 11.4 Å². The molecule has 0 aliphatic carbocycles. The molecular formula is C21H21N3O2. The Kier molecular flexibility index (Phi) is 4.13. The fourth-order valence-corrected chi connectivity index (χ4v) is 3.58. The van der Waals surface area contributed by atoms with E-state index in [2.05, 4.69) is 5.32 Å². The molecule has 0 amide bonds. The summed E-state index contributed by atoms with van der Waals surface area (Å²) in [6.07, 6.45) is 0.868. The number of nitrogens with one attached hydrogen (secondary N) is 2. The number of nitrogens with zero attached hydrogens (tertiary/aromatic N) is 1. The molecule has 0 spiro atoms. The maximum absolute atomic E-state index is 8.60. The van der Waals surface area contributed by atoms with E-state index in [0.717, 1.165) is 52.2 Å². The Bertz CT molecular complexity index is 984. The highest BCUT2D eigenvalue weighted by Gasteiger charge is 2.25. The fourth-order valence-electron chi connectivity index (χ4n) is 3.58. The van der Waals surface area contributed by atoms with Gasteiger partial charge in [-0.25, -0.2) is 0 Å². The van der Waals surface area contributed by atoms with Crippen molar-refractivity contribution in [3.63, 3.8) is 0 Å². The summed E-state index contributed by atoms with van der Waals surface area (Å²) in [6.45, 7) is 0.760. The number of benzene rings is 3. The molecule has 1 aliphatic rings. The second-order valence-corrected chi connectivity index (χ2v) is 6.19. The third kappa shape index (κ3) is 2.62. The van der Waals surface area contributed by atoms with E-state index in [1.165, 1.54) is 0 Å². The van der Waals surface area contributed by atoms with E-state index in [0.29, 0.717) is 5.96 Å². The first kappa shape index (κ1) is 16.3. The Hall–Kier alpha value is -3.21. The minimum absolute atomic E-state index is 0.354. The van der Waals surface area contributed by atoms with Gasteiger partial charge < -0.3 is 19.7 Å². The van der Waals surface area contributed by atoms with Crippen molar-refractivity contribution in [3.8, 4) is 11.5 Å². The first-order valence-corrected chi connectivity index (χ1v) is 8.57. The van der Waals surface area contributed by atoms with Crippen molar-refractivity contribution in [2.75, 3.05) is 31.0 Å². The lowest BCUT2D eigenvalue weighted by molar-refractivity contribution is 0.411. The van der Waals surface area contributed by atoms with Crippen LogP contribution in [-0.2, 0) is 6.42 Å². The summed E-state index contributed by atoms with van der Waals surface area (Å²) in [5, 5.41) is 13.9. The third-order valence-electron chi connectivity index (χ3n) is 4.83. The largest absolute Gasteiger partial charge is 0.496 e. The van der Waals surface area contributed by atoms with Gasteiger partial charge in [0.25, 0.3) is 0 Å². The highest BCUT2D eigenvalue weighted by atomic mass is 16.5. The van der Waals surface area contributed by atoms with Gasteiger partial charge in [-0.1, -0.05) is 30.3 Å². The van der Waals surface area contributed by atoms with Crippen molar-refractivity contribution in [2.45, 2.75) is 6.42 Å². The number of rotatable bonds is 3. The van der Waals surface area contributed by atoms with Crippen LogP contribution in [0.3, 0.4) is 0 Å². The first-order chi connectivity index (χ1) is 12.7. The lowest BCUT2D eigenvalue weighted by Gasteiger charge is -2.22. The van der Waals surface area contributed by atoms with Gasteiger partial charge in [-0.05, 0) is 30.7 Å². The van der Waals surface area contributed by atoms with Crippen molar-refractivity contribution in [1.82, 2.24) is 0 Å². The SMILES string of the molecule is COc1cccc2c1CCN2C(=N)Nc1ccc(OC)c2ccccc12. The minimum Gasteiger partial charge on any atom is -0.496 e. The van der Waals surface area contributed by atoms with Crippen LogP contribution in [0.1, 0.15) is 5.56 Å². The molecule has 3 aromatic carbocycles. The van der Waals surface area contributed by atoms with Gasteiger partial charge in [0.2, 0.25) is 0 Å². The van der Waals surface area contributed by atoms with Gasteiger partial charge in [-0.15, -0.1) is 0 Å². The van der Waals surface area contributed by atoms with E-state index in [4.69, 9.17) is 14.9 Å². The van der Waals surface area contributed by atoms with Crippen LogP contribution in [0, 0.1) is 5.41 Å². The van der Waals surface area contributed by atoms with Crippen LogP contribution in [-0.4, -0.2) is 26.7 Å². The molecule has 5 nitrogen and oxygen atoms in total. The van der Waals surface area contributed by atoms with Crippen LogP contribution < -0.4 is 19.7 Å². The summed E-state index contributed by atoms with van der Waals surface area (Å²) < 4.78 is 10.9. The van der Waals surface area contributed by atoms with Crippen LogP contribution in [0.2, 0.25) is 0 Å². The predicted octanol–water partition coefficient (Wildman–Crippen LogP) is 4.27. The first-order valence-electron chi connectivity index (χ1n) is 8.57. The Morgan fingerprint density at radius 1 is 0.923 bits per heavy atom. The molecule has 0 aromatic heterocycles. The van der Waals surface area contributed by atoms with Crippen LogP contribution in [0.25, 0.3) is 10.8 Å². The van der Waals surface area contributed by atoms with Crippen molar-refractivity contribution in [1.29, 1.82) is 5.41 Å². The van der Waals surface area contributed by atoms with Crippen LogP contribution in [0.15, 0.2) is 54.6 Å². The number of hydrogen-bond donors (Lipinski definition) is 2. The van der Waals surface area contributed by atoms with Gasteiger partial charge >= 0.3 is 0 Å². The zero-order chi connectivity index (χ0) is 18.1. The Balaban J connectivity index is 1.66. The van der Waals surface area contributed by atoms with Gasteiger partial charge in [-0.2, -0.15) is 0 Å². The molecule has 0 radical (unpaired) electrons. The van der Waals surface area contributed by atoms with Crippen LogP contribution >= 0.6 is 0 Å². The van der Waals surface area contributed by atoms with E-state index < -0.39 is 0 Å². The van der Waals surface area contributed by atoms with Gasteiger partial charge in [0.1, 0.15) is 11.5 Å². The maximum Gasteiger partial charge on any atom is 0.200 e. The lowest BCUT2D eigenvalue weighted by Crippen LogP contribution is -2.34. The number of anilines is 2. The normalized spacial score (nSPS) is 12.8. The number of fused-ring (bicyclic) bond motifs is 2. The molecule has 0 saturated heterocycles. The van der Waals surface area contributed by atoms with E-state index in [1.807, 2.05) is 59.5 Å². The second kappa shape index (κ2) is 6.59. The molecule has 0 atom stereocenters. The zero-order valence-electron chi connectivity index (χ0n) is 14.9. The molecule has 0 unspecified atom stereocenters. The quantitative estimate of drug-likeness (QED) is 0.549. The summed E-state index contributed by atoms with van der Waals surface area (Å²) >= 11 is 0. The molecule has 4 rings (SSSR count). The highest BCUT2D eigenvalue weighted by molar-refractivity contribution is 6.10. The molecule has 132 valence electrons. The topological polar surface area (TPSA) is 57.6 Å². The monoisotopic (exact) mass is 347 g/mol. The standard InChI is InChI=1S/C21H21N3O2/c1-25-19-9-5-8-18-16(19)12-13-24(18)21(22)23-17-10-11-20(26-2)15-7-4-3-6-14(15)17/h3-11H,12-13H2,1-2H3,(H2,22,23). The fraction of sp³-hybridized carbons (Fsp3) is 0.190. The van der Waals surface area contributed by atoms with Crippen molar-refractivity contribution >= 4 is 28.1 Å². The molecule has 1 aliphatic heterocycles. The molecule has 1 heterocycles. The van der Waals surface area contributed by atoms with Gasteiger partial charge in [-0.3, -0.25) is 5.41 Å². The molecular weight excluding hydrogens is 326 g/mol. The van der Waals surface area contributed by atoms with Gasteiger partial charge in [0, 0.05) is 28.6 Å². The zero-order valence-corrected chi connectivity index (χ0v) is 14.9. The molecule has 0 saturated carbocycles. The van der Waals surface area contributed by atoms with Crippen molar-refractivity contribution in [3.05, 3.63) is 60.2 Å². The van der Waals surface area contributed by atoms with E-state index in [9.17, 15) is 0 Å². The summed E-state index contributed by atoms with van der Waals surface area (Å²) in [7, 11) is 3.36. The second-order valence-electron chi connectivity index (χ2n) is 6.19. The van der Waals surface area contributed by atoms with E-state index in [1.54, 1.807) is 14.2 Å². The smallest absolute Gasteiger partial charge is 0.200 e. The molecule has 3 aromatic rings. The summed E-state index contributed by atoms with van der Waals surface area (Å²) in [5.41, 5.74) is 3.07. The molecule has 2 N–H and O–H groups in total. The van der Waals surface area contributed by atoms with Crippen LogP contribution in [0.5, 0.6) is 11.5 Å². The van der Waals surface area contributed by atoms with E-state index >= 15 is 0 Å². The van der Waals surface area contributed by atoms with Gasteiger partial charge in [0.05, 0.1) is 19.9 Å². The molecule has 0 bridgehead atoms. The highest BCUT2D eigenvalue weighted by Crippen LogP contribution is 2.36. The molecule has 0 fully saturated rings. The average Bonchev–Trinajstić information content (AvgIpc) is 3.12. The number of methoxy groups -OCH3 is 2. The predicted molar refractivity (Wildman–Crippen MR) is 106 cm³/mol. The summed E-state index contributed by atoms with van der Waals surface area (Å²) in [6, 6.07) is 17.9. The molecule has 26 heavy (non-hydrogen) atoms. The van der Waals surface area contributed by atoms with E-state index in [-0.39, 0.29) is 0 Å². The summed E-state index contributed by atoms with van der Waals surface area (Å²) in [5.74, 6) is 2.06. The minimum atomic E-state index is 0.354. The molecule has 5 heteroatoms. The Morgan fingerprint density at radius 2 is 1.69 bits per heavy atom. The average molecular weight is 347 g/mol. The number of hydrogen-bond acceptors (Lipinski definition) is 3. The lowest BCUT2D eigenvalue weighted by atomic mass is 10.1. The van der Waals surface area contributed by atoms with Gasteiger partial charge in [0.15, 0.2) is 5.96 Å². The number of ether oxygens (including phenoxy) is 2. The Labute approximate surface area is 152 Å². The Morgan fingerprint density at radius 3 is 2.46 bits per heavy atom. The summed E-state index contributed by atoms with van der Waals surface area (Å²) in [4.78, 5) is 1.98. The van der Waals surface area contributed by atoms with Crippen molar-refractivity contribution < 1.29 is 9.47 Å².